The molecule has 4 heteroatoms. The molecule has 3 nitrogen and oxygen atoms in total. The zero-order chi connectivity index (χ0) is 13.8. The Morgan fingerprint density at radius 3 is 2.68 bits per heavy atom. The Hall–Kier alpha value is -2.00. The van der Waals surface area contributed by atoms with Crippen LogP contribution in [0.15, 0.2) is 47.6 Å². The predicted octanol–water partition coefficient (Wildman–Crippen LogP) is 4.19. The highest BCUT2D eigenvalue weighted by Crippen LogP contribution is 2.22. The van der Waals surface area contributed by atoms with Crippen LogP contribution in [0, 0.1) is 6.92 Å². The van der Waals surface area contributed by atoms with Crippen LogP contribution in [-0.2, 0) is 0 Å². The monoisotopic (exact) mass is 274 g/mol. The number of benzene rings is 2. The molecule has 0 spiro atoms. The summed E-state index contributed by atoms with van der Waals surface area (Å²) < 4.78 is 0. The minimum atomic E-state index is 0.216. The van der Waals surface area contributed by atoms with E-state index >= 15 is 0 Å². The van der Waals surface area contributed by atoms with E-state index in [-0.39, 0.29) is 5.75 Å². The third kappa shape index (κ3) is 3.26. The quantitative estimate of drug-likeness (QED) is 0.651. The van der Waals surface area contributed by atoms with Gasteiger partial charge in [-0.2, -0.15) is 5.10 Å². The molecular formula is C15H15ClN2O. The third-order valence-corrected chi connectivity index (χ3v) is 3.09. The molecule has 0 unspecified atom stereocenters. The zero-order valence-corrected chi connectivity index (χ0v) is 11.6. The number of hydrazone groups is 1. The van der Waals surface area contributed by atoms with Crippen LogP contribution < -0.4 is 5.43 Å². The van der Waals surface area contributed by atoms with Crippen molar-refractivity contribution >= 4 is 23.0 Å². The topological polar surface area (TPSA) is 44.6 Å². The molecule has 0 saturated carbocycles. The van der Waals surface area contributed by atoms with Crippen molar-refractivity contribution in [1.82, 2.24) is 0 Å². The SMILES string of the molecule is C/C(=N\Nc1ccccc1Cl)c1cc(C)ccc1O. The summed E-state index contributed by atoms with van der Waals surface area (Å²) in [5.41, 5.74) is 6.11. The highest BCUT2D eigenvalue weighted by molar-refractivity contribution is 6.33. The molecular weight excluding hydrogens is 260 g/mol. The van der Waals surface area contributed by atoms with Gasteiger partial charge in [-0.05, 0) is 38.1 Å². The van der Waals surface area contributed by atoms with Crippen LogP contribution in [0.25, 0.3) is 0 Å². The van der Waals surface area contributed by atoms with Crippen LogP contribution in [0.2, 0.25) is 5.02 Å². The number of anilines is 1. The number of hydrogen-bond donors (Lipinski definition) is 2. The molecule has 0 radical (unpaired) electrons. The number of phenols is 1. The maximum absolute atomic E-state index is 9.82. The molecule has 2 N–H and O–H groups in total. The van der Waals surface area contributed by atoms with Gasteiger partial charge in [0.1, 0.15) is 5.75 Å². The Balaban J connectivity index is 2.24. The van der Waals surface area contributed by atoms with Crippen LogP contribution in [0.3, 0.4) is 0 Å². The Morgan fingerprint density at radius 1 is 1.21 bits per heavy atom. The Kier molecular flexibility index (Phi) is 4.07. The first-order valence-electron chi connectivity index (χ1n) is 5.93. The largest absolute Gasteiger partial charge is 0.507 e. The second-order valence-electron chi connectivity index (χ2n) is 4.31. The van der Waals surface area contributed by atoms with E-state index < -0.39 is 0 Å². The van der Waals surface area contributed by atoms with Crippen molar-refractivity contribution in [2.75, 3.05) is 5.43 Å². The molecule has 0 heterocycles. The van der Waals surface area contributed by atoms with Gasteiger partial charge in [-0.15, -0.1) is 0 Å². The summed E-state index contributed by atoms with van der Waals surface area (Å²) in [6, 6.07) is 12.8. The van der Waals surface area contributed by atoms with Crippen LogP contribution in [0.4, 0.5) is 5.69 Å². The van der Waals surface area contributed by atoms with Crippen molar-refractivity contribution in [3.63, 3.8) is 0 Å². The van der Waals surface area contributed by atoms with Crippen molar-refractivity contribution in [1.29, 1.82) is 0 Å². The van der Waals surface area contributed by atoms with Gasteiger partial charge < -0.3 is 5.11 Å². The number of aromatic hydroxyl groups is 1. The van der Waals surface area contributed by atoms with E-state index in [1.165, 1.54) is 0 Å². The summed E-state index contributed by atoms with van der Waals surface area (Å²) in [7, 11) is 0. The minimum absolute atomic E-state index is 0.216. The molecule has 0 atom stereocenters. The maximum atomic E-state index is 9.82. The minimum Gasteiger partial charge on any atom is -0.507 e. The molecule has 0 aliphatic carbocycles. The molecule has 98 valence electrons. The number of nitrogens with zero attached hydrogens (tertiary/aromatic N) is 1. The lowest BCUT2D eigenvalue weighted by atomic mass is 10.1. The van der Waals surface area contributed by atoms with Crippen molar-refractivity contribution in [2.45, 2.75) is 13.8 Å². The van der Waals surface area contributed by atoms with Crippen LogP contribution in [0.1, 0.15) is 18.1 Å². The first kappa shape index (κ1) is 13.4. The van der Waals surface area contributed by atoms with Crippen molar-refractivity contribution in [2.24, 2.45) is 5.10 Å². The van der Waals surface area contributed by atoms with Gasteiger partial charge in [-0.1, -0.05) is 35.4 Å². The van der Waals surface area contributed by atoms with E-state index in [1.807, 2.05) is 44.2 Å². The first-order valence-corrected chi connectivity index (χ1v) is 6.30. The number of hydrogen-bond acceptors (Lipinski definition) is 3. The number of halogens is 1. The van der Waals surface area contributed by atoms with Crippen molar-refractivity contribution in [3.8, 4) is 5.75 Å². The standard InChI is InChI=1S/C15H15ClN2O/c1-10-7-8-15(19)12(9-10)11(2)17-18-14-6-4-3-5-13(14)16/h3-9,18-19H,1-2H3/b17-11+. The van der Waals surface area contributed by atoms with Gasteiger partial charge in [-0.3, -0.25) is 5.43 Å². The van der Waals surface area contributed by atoms with E-state index in [9.17, 15) is 5.11 Å². The Bertz CT molecular complexity index is 623. The van der Waals surface area contributed by atoms with E-state index in [2.05, 4.69) is 10.5 Å². The van der Waals surface area contributed by atoms with E-state index in [1.54, 1.807) is 12.1 Å². The van der Waals surface area contributed by atoms with Crippen molar-refractivity contribution < 1.29 is 5.11 Å². The van der Waals surface area contributed by atoms with Crippen LogP contribution in [-0.4, -0.2) is 10.8 Å². The highest BCUT2D eigenvalue weighted by Gasteiger charge is 2.05. The fourth-order valence-corrected chi connectivity index (χ4v) is 1.87. The number of rotatable bonds is 3. The molecule has 0 aliphatic heterocycles. The molecule has 2 aromatic carbocycles. The molecule has 0 aliphatic rings. The van der Waals surface area contributed by atoms with E-state index in [4.69, 9.17) is 11.6 Å². The van der Waals surface area contributed by atoms with Gasteiger partial charge in [-0.25, -0.2) is 0 Å². The lowest BCUT2D eigenvalue weighted by molar-refractivity contribution is 0.474. The first-order chi connectivity index (χ1) is 9.08. The molecule has 0 fully saturated rings. The average Bonchev–Trinajstić information content (AvgIpc) is 2.40. The van der Waals surface area contributed by atoms with Gasteiger partial charge in [0.25, 0.3) is 0 Å². The summed E-state index contributed by atoms with van der Waals surface area (Å²) in [6.07, 6.45) is 0. The third-order valence-electron chi connectivity index (χ3n) is 2.76. The fraction of sp³-hybridized carbons (Fsp3) is 0.133. The van der Waals surface area contributed by atoms with Gasteiger partial charge in [0, 0.05) is 5.56 Å². The molecule has 2 rings (SSSR count). The smallest absolute Gasteiger partial charge is 0.124 e. The van der Waals surface area contributed by atoms with Gasteiger partial charge in [0.2, 0.25) is 0 Å². The molecule has 0 amide bonds. The summed E-state index contributed by atoms with van der Waals surface area (Å²) >= 11 is 6.03. The molecule has 2 aromatic rings. The van der Waals surface area contributed by atoms with E-state index in [0.717, 1.165) is 11.3 Å². The summed E-state index contributed by atoms with van der Waals surface area (Å²) in [4.78, 5) is 0. The molecule has 19 heavy (non-hydrogen) atoms. The Labute approximate surface area is 117 Å². The summed E-state index contributed by atoms with van der Waals surface area (Å²) in [5.74, 6) is 0.216. The second-order valence-corrected chi connectivity index (χ2v) is 4.72. The second kappa shape index (κ2) is 5.76. The lowest BCUT2D eigenvalue weighted by Crippen LogP contribution is -2.01. The van der Waals surface area contributed by atoms with Crippen molar-refractivity contribution in [3.05, 3.63) is 58.6 Å². The van der Waals surface area contributed by atoms with Gasteiger partial charge in [0.15, 0.2) is 0 Å². The van der Waals surface area contributed by atoms with Gasteiger partial charge >= 0.3 is 0 Å². The summed E-state index contributed by atoms with van der Waals surface area (Å²) in [5, 5.41) is 14.7. The van der Waals surface area contributed by atoms with Crippen LogP contribution >= 0.6 is 11.6 Å². The number of para-hydroxylation sites is 1. The zero-order valence-electron chi connectivity index (χ0n) is 10.8. The lowest BCUT2D eigenvalue weighted by Gasteiger charge is -2.07. The molecule has 0 saturated heterocycles. The number of nitrogens with one attached hydrogen (secondary N) is 1. The number of aryl methyl sites for hydroxylation is 1. The average molecular weight is 275 g/mol. The highest BCUT2D eigenvalue weighted by atomic mass is 35.5. The van der Waals surface area contributed by atoms with Crippen LogP contribution in [0.5, 0.6) is 5.75 Å². The normalized spacial score (nSPS) is 11.4. The van der Waals surface area contributed by atoms with Gasteiger partial charge in [0.05, 0.1) is 16.4 Å². The fourth-order valence-electron chi connectivity index (χ4n) is 1.70. The molecule has 0 aromatic heterocycles. The maximum Gasteiger partial charge on any atom is 0.124 e. The predicted molar refractivity (Wildman–Crippen MR) is 80.1 cm³/mol. The van der Waals surface area contributed by atoms with E-state index in [0.29, 0.717) is 16.3 Å². The summed E-state index contributed by atoms with van der Waals surface area (Å²) in [6.45, 7) is 3.80. The molecule has 0 bridgehead atoms. The number of phenolic OH excluding ortho intramolecular Hbond substituents is 1. The Morgan fingerprint density at radius 2 is 1.95 bits per heavy atom.